The van der Waals surface area contributed by atoms with E-state index in [9.17, 15) is 19.2 Å². The molecule has 0 aliphatic heterocycles. The zero-order valence-corrected chi connectivity index (χ0v) is 19.8. The molecule has 178 valence electrons. The number of carbonyl (C=O) groups is 4. The van der Waals surface area contributed by atoms with Crippen molar-refractivity contribution >= 4 is 23.8 Å². The molecule has 0 aliphatic carbocycles. The molecule has 0 aliphatic rings. The molecule has 4 N–H and O–H groups in total. The van der Waals surface area contributed by atoms with E-state index in [0.29, 0.717) is 5.56 Å². The third kappa shape index (κ3) is 8.95. The maximum Gasteiger partial charge on any atom is 0.408 e. The molecule has 1 aromatic rings. The Labute approximate surface area is 190 Å². The SMILES string of the molecule is CCCC(C)NC(=O)C(c1ccccc1)N(C)C(=O)C(CC(N)=O)NC(=O)OC(C)(C)C. The minimum absolute atomic E-state index is 0.0801. The minimum atomic E-state index is -1.28. The lowest BCUT2D eigenvalue weighted by Crippen LogP contribution is -2.53. The molecule has 3 atom stereocenters. The molecule has 0 bridgehead atoms. The summed E-state index contributed by atoms with van der Waals surface area (Å²) >= 11 is 0. The lowest BCUT2D eigenvalue weighted by atomic mass is 10.0. The lowest BCUT2D eigenvalue weighted by molar-refractivity contribution is -0.142. The highest BCUT2D eigenvalue weighted by atomic mass is 16.6. The number of carbonyl (C=O) groups excluding carboxylic acids is 4. The van der Waals surface area contributed by atoms with Crippen molar-refractivity contribution in [3.63, 3.8) is 0 Å². The first-order valence-electron chi connectivity index (χ1n) is 10.8. The topological polar surface area (TPSA) is 131 Å². The summed E-state index contributed by atoms with van der Waals surface area (Å²) in [5, 5.41) is 5.34. The number of amides is 4. The molecule has 32 heavy (non-hydrogen) atoms. The number of nitrogens with one attached hydrogen (secondary N) is 2. The van der Waals surface area contributed by atoms with E-state index in [2.05, 4.69) is 10.6 Å². The van der Waals surface area contributed by atoms with E-state index in [-0.39, 0.29) is 11.9 Å². The van der Waals surface area contributed by atoms with Crippen LogP contribution in [-0.2, 0) is 19.1 Å². The van der Waals surface area contributed by atoms with Crippen molar-refractivity contribution in [1.29, 1.82) is 0 Å². The summed E-state index contributed by atoms with van der Waals surface area (Å²) in [5.74, 6) is -1.77. The van der Waals surface area contributed by atoms with Crippen LogP contribution in [0.4, 0.5) is 4.79 Å². The number of benzene rings is 1. The molecule has 0 heterocycles. The smallest absolute Gasteiger partial charge is 0.408 e. The third-order valence-electron chi connectivity index (χ3n) is 4.60. The van der Waals surface area contributed by atoms with Gasteiger partial charge in [-0.25, -0.2) is 4.79 Å². The Bertz CT molecular complexity index is 791. The van der Waals surface area contributed by atoms with Crippen LogP contribution >= 0.6 is 0 Å². The summed E-state index contributed by atoms with van der Waals surface area (Å²) in [6.07, 6.45) is 0.391. The maximum absolute atomic E-state index is 13.3. The monoisotopic (exact) mass is 448 g/mol. The van der Waals surface area contributed by atoms with Crippen LogP contribution in [0.25, 0.3) is 0 Å². The molecule has 0 saturated carbocycles. The van der Waals surface area contributed by atoms with Crippen LogP contribution in [0.3, 0.4) is 0 Å². The number of likely N-dealkylation sites (N-methyl/N-ethyl adjacent to an activating group) is 1. The van der Waals surface area contributed by atoms with Crippen molar-refractivity contribution in [3.8, 4) is 0 Å². The van der Waals surface area contributed by atoms with Crippen LogP contribution in [0, 0.1) is 0 Å². The van der Waals surface area contributed by atoms with Gasteiger partial charge in [0.1, 0.15) is 17.7 Å². The highest BCUT2D eigenvalue weighted by Crippen LogP contribution is 2.22. The Balaban J connectivity index is 3.18. The van der Waals surface area contributed by atoms with Crippen molar-refractivity contribution in [2.24, 2.45) is 5.73 Å². The van der Waals surface area contributed by atoms with E-state index in [1.54, 1.807) is 51.1 Å². The average molecular weight is 449 g/mol. The van der Waals surface area contributed by atoms with Crippen molar-refractivity contribution in [2.75, 3.05) is 7.05 Å². The van der Waals surface area contributed by atoms with Gasteiger partial charge in [0.2, 0.25) is 17.7 Å². The fourth-order valence-corrected chi connectivity index (χ4v) is 3.24. The van der Waals surface area contributed by atoms with Gasteiger partial charge in [-0.15, -0.1) is 0 Å². The van der Waals surface area contributed by atoms with Crippen molar-refractivity contribution < 1.29 is 23.9 Å². The van der Waals surface area contributed by atoms with Crippen LogP contribution in [-0.4, -0.2) is 53.4 Å². The van der Waals surface area contributed by atoms with Crippen LogP contribution in [0.1, 0.15) is 65.5 Å². The van der Waals surface area contributed by atoms with E-state index in [1.165, 1.54) is 11.9 Å². The second-order valence-corrected chi connectivity index (χ2v) is 8.83. The number of hydrogen-bond donors (Lipinski definition) is 3. The largest absolute Gasteiger partial charge is 0.444 e. The molecule has 1 aromatic carbocycles. The molecule has 1 rings (SSSR count). The van der Waals surface area contributed by atoms with Gasteiger partial charge >= 0.3 is 6.09 Å². The predicted octanol–water partition coefficient (Wildman–Crippen LogP) is 2.26. The Kier molecular flexibility index (Phi) is 10.2. The van der Waals surface area contributed by atoms with Gasteiger partial charge in [0, 0.05) is 13.1 Å². The Morgan fingerprint density at radius 1 is 1.09 bits per heavy atom. The van der Waals surface area contributed by atoms with E-state index in [1.807, 2.05) is 13.8 Å². The first-order valence-corrected chi connectivity index (χ1v) is 10.8. The second kappa shape index (κ2) is 12.1. The van der Waals surface area contributed by atoms with Crippen molar-refractivity contribution in [1.82, 2.24) is 15.5 Å². The van der Waals surface area contributed by atoms with Crippen LogP contribution in [0.5, 0.6) is 0 Å². The molecule has 0 radical (unpaired) electrons. The predicted molar refractivity (Wildman–Crippen MR) is 121 cm³/mol. The third-order valence-corrected chi connectivity index (χ3v) is 4.60. The number of nitrogens with two attached hydrogens (primary N) is 1. The van der Waals surface area contributed by atoms with Crippen molar-refractivity contribution in [2.45, 2.75) is 77.6 Å². The molecule has 0 fully saturated rings. The first-order chi connectivity index (χ1) is 14.9. The fraction of sp³-hybridized carbons (Fsp3) is 0.565. The number of primary amides is 1. The van der Waals surface area contributed by atoms with E-state index < -0.39 is 42.0 Å². The van der Waals surface area contributed by atoms with Gasteiger partial charge in [-0.3, -0.25) is 14.4 Å². The first kappa shape index (κ1) is 26.9. The summed E-state index contributed by atoms with van der Waals surface area (Å²) in [5.41, 5.74) is 5.10. The highest BCUT2D eigenvalue weighted by Gasteiger charge is 2.35. The van der Waals surface area contributed by atoms with Gasteiger partial charge < -0.3 is 26.0 Å². The molecule has 0 aromatic heterocycles. The maximum atomic E-state index is 13.3. The van der Waals surface area contributed by atoms with Gasteiger partial charge in [-0.2, -0.15) is 0 Å². The van der Waals surface area contributed by atoms with Crippen LogP contribution in [0.15, 0.2) is 30.3 Å². The van der Waals surface area contributed by atoms with E-state index in [4.69, 9.17) is 10.5 Å². The van der Waals surface area contributed by atoms with Gasteiger partial charge in [-0.05, 0) is 39.7 Å². The van der Waals surface area contributed by atoms with Crippen LogP contribution in [0.2, 0.25) is 0 Å². The summed E-state index contributed by atoms with van der Waals surface area (Å²) in [7, 11) is 1.45. The number of nitrogens with zero attached hydrogens (tertiary/aromatic N) is 1. The molecule has 9 heteroatoms. The lowest BCUT2D eigenvalue weighted by Gasteiger charge is -2.32. The van der Waals surface area contributed by atoms with Gasteiger partial charge in [-0.1, -0.05) is 43.7 Å². The summed E-state index contributed by atoms with van der Waals surface area (Å²) in [6, 6.07) is 6.50. The Morgan fingerprint density at radius 2 is 1.69 bits per heavy atom. The minimum Gasteiger partial charge on any atom is -0.444 e. The van der Waals surface area contributed by atoms with Crippen molar-refractivity contribution in [3.05, 3.63) is 35.9 Å². The second-order valence-electron chi connectivity index (χ2n) is 8.83. The number of rotatable bonds is 10. The average Bonchev–Trinajstić information content (AvgIpc) is 2.66. The summed E-state index contributed by atoms with van der Waals surface area (Å²) in [4.78, 5) is 51.4. The zero-order chi connectivity index (χ0) is 24.5. The Morgan fingerprint density at radius 3 is 2.19 bits per heavy atom. The molecule has 0 saturated heterocycles. The highest BCUT2D eigenvalue weighted by molar-refractivity contribution is 5.94. The summed E-state index contributed by atoms with van der Waals surface area (Å²) < 4.78 is 5.20. The van der Waals surface area contributed by atoms with E-state index >= 15 is 0 Å². The number of ether oxygens (including phenoxy) is 1. The normalized spacial score (nSPS) is 13.9. The molecule has 9 nitrogen and oxygen atoms in total. The van der Waals surface area contributed by atoms with Crippen LogP contribution < -0.4 is 16.4 Å². The molecule has 0 spiro atoms. The summed E-state index contributed by atoms with van der Waals surface area (Å²) in [6.45, 7) is 8.94. The quantitative estimate of drug-likeness (QED) is 0.505. The van der Waals surface area contributed by atoms with Gasteiger partial charge in [0.25, 0.3) is 0 Å². The molecule has 3 unspecified atom stereocenters. The van der Waals surface area contributed by atoms with E-state index in [0.717, 1.165) is 12.8 Å². The zero-order valence-electron chi connectivity index (χ0n) is 19.8. The number of hydrogen-bond acceptors (Lipinski definition) is 5. The fourth-order valence-electron chi connectivity index (χ4n) is 3.24. The molecular formula is C23H36N4O5. The number of alkyl carbamates (subject to hydrolysis) is 1. The van der Waals surface area contributed by atoms with Gasteiger partial charge in [0.05, 0.1) is 6.42 Å². The molecular weight excluding hydrogens is 412 g/mol. The Hall–Kier alpha value is -3.10. The van der Waals surface area contributed by atoms with Gasteiger partial charge in [0.15, 0.2) is 0 Å². The standard InChI is InChI=1S/C23H36N4O5/c1-7-11-15(2)25-20(29)19(16-12-9-8-10-13-16)27(6)21(30)17(14-18(24)28)26-22(31)32-23(3,4)5/h8-10,12-13,15,17,19H,7,11,14H2,1-6H3,(H2,24,28)(H,25,29)(H,26,31). The molecule has 4 amide bonds.